The van der Waals surface area contributed by atoms with Crippen LogP contribution in [-0.2, 0) is 76.7 Å². The van der Waals surface area contributed by atoms with E-state index in [0.29, 0.717) is 122 Å². The quantitative estimate of drug-likeness (QED) is 0.0275. The maximum atomic E-state index is 15.4. The van der Waals surface area contributed by atoms with Crippen molar-refractivity contribution < 1.29 is 76.7 Å². The molecule has 16 amide bonds. The fourth-order valence-corrected chi connectivity index (χ4v) is 14.0. The van der Waals surface area contributed by atoms with Gasteiger partial charge >= 0.3 is 0 Å². The number of nitrogens with one attached hydrogen (secondary N) is 14. The van der Waals surface area contributed by atoms with E-state index in [9.17, 15) is 57.5 Å². The summed E-state index contributed by atoms with van der Waals surface area (Å²) >= 11 is 0. The fourth-order valence-electron chi connectivity index (χ4n) is 14.0. The molecule has 124 heavy (non-hydrogen) atoms. The molecule has 30 N–H and O–H groups in total. The standard InChI is InChI=1S/C86H160N22O16/c1-15-55(11)69-81(121)101-62(48-51(3)4)72(112)95-50-65(110)96-61(40-28-35-47-91)76(116)107-86(14,84(124)106-70(56(12)16-2)82(122)99-59(38-26-33-45-89)74(114)103-68(54(9)10)80(120)104-67(53(7)8)79(119)97-57(71(94)111)36-24-31-43-87)42-30-23-21-19-17-18-20-22-29-41-85(13,108-77(117)63(49-64(92)109)100-78(118)66(93)52(5)6)83(123)102-60(39-27-34-46-90)73(113)98-58(75(115)105-69)37-25-32-44-88/h19,21,51-63,66-70H,15-18,20,22-50,87-91,93H2,1-14H3,(H2,92,109)(H2,94,111)(H,95,112)(H,96,110)(H,97,119)(H,98,113)(H,99,122)(H,100,118)(H,101,121)(H,102,123)(H,103,114)(H,104,120)(H,105,115)(H,106,124)(H,107,116)(H,108,117)/t55-,56-,57-,58-,59-,60-,61-,62-,63-,66-,67-,68-,69-,70-,85+,86-/m0/s1. The summed E-state index contributed by atoms with van der Waals surface area (Å²) < 4.78 is 0. The number of rotatable bonds is 46. The van der Waals surface area contributed by atoms with Gasteiger partial charge in [-0.3, -0.25) is 76.7 Å². The number of unbranched alkanes of at least 4 members (excludes halogenated alkanes) is 5. The molecule has 0 bridgehead atoms. The maximum absolute atomic E-state index is 15.4. The molecular formula is C86H160N22O16. The molecule has 0 saturated heterocycles. The van der Waals surface area contributed by atoms with Crippen LogP contribution in [-0.4, -0.2) is 217 Å². The van der Waals surface area contributed by atoms with Gasteiger partial charge in [0, 0.05) is 0 Å². The second kappa shape index (κ2) is 60.6. The third kappa shape index (κ3) is 42.3. The molecule has 38 heteroatoms. The lowest BCUT2D eigenvalue weighted by molar-refractivity contribution is -0.139. The Morgan fingerprint density at radius 2 is 0.919 bits per heavy atom. The van der Waals surface area contributed by atoms with Gasteiger partial charge < -0.3 is 120 Å². The van der Waals surface area contributed by atoms with Gasteiger partial charge in [-0.1, -0.05) is 127 Å². The zero-order chi connectivity index (χ0) is 94.0. The normalized spacial score (nSPS) is 22.2. The van der Waals surface area contributed by atoms with Crippen LogP contribution in [0.15, 0.2) is 12.2 Å². The molecule has 0 aromatic carbocycles. The summed E-state index contributed by atoms with van der Waals surface area (Å²) in [5.41, 5.74) is 43.1. The van der Waals surface area contributed by atoms with Crippen molar-refractivity contribution in [1.82, 2.24) is 74.4 Å². The average Bonchev–Trinajstić information content (AvgIpc) is 0.829. The predicted octanol–water partition coefficient (Wildman–Crippen LogP) is -0.295. The van der Waals surface area contributed by atoms with E-state index < -0.39 is 215 Å². The number of carbonyl (C=O) groups is 16. The lowest BCUT2D eigenvalue weighted by Gasteiger charge is -2.35. The minimum absolute atomic E-state index is 0.00981. The molecule has 0 aromatic heterocycles. The molecule has 0 saturated carbocycles. The number of nitrogens with two attached hydrogens (primary N) is 8. The Morgan fingerprint density at radius 3 is 1.43 bits per heavy atom. The highest BCUT2D eigenvalue weighted by Crippen LogP contribution is 2.24. The van der Waals surface area contributed by atoms with Crippen LogP contribution in [0, 0.1) is 35.5 Å². The third-order valence-corrected chi connectivity index (χ3v) is 22.6. The summed E-state index contributed by atoms with van der Waals surface area (Å²) in [6.07, 6.45) is 11.5. The van der Waals surface area contributed by atoms with Gasteiger partial charge in [0.2, 0.25) is 94.5 Å². The summed E-state index contributed by atoms with van der Waals surface area (Å²) in [5, 5.41) is 38.7. The number of allylic oxidation sites excluding steroid dienone is 2. The first-order chi connectivity index (χ1) is 58.5. The molecular weight excluding hydrogens is 1600 g/mol. The maximum Gasteiger partial charge on any atom is 0.246 e. The molecule has 0 fully saturated rings. The van der Waals surface area contributed by atoms with Crippen molar-refractivity contribution in [3.63, 3.8) is 0 Å². The molecule has 0 unspecified atom stereocenters. The van der Waals surface area contributed by atoms with E-state index in [4.69, 9.17) is 45.9 Å². The van der Waals surface area contributed by atoms with E-state index in [0.717, 1.165) is 0 Å². The first kappa shape index (κ1) is 113. The van der Waals surface area contributed by atoms with Gasteiger partial charge in [-0.25, -0.2) is 0 Å². The molecule has 16 atom stereocenters. The van der Waals surface area contributed by atoms with E-state index in [-0.39, 0.29) is 95.8 Å². The van der Waals surface area contributed by atoms with E-state index in [1.165, 1.54) is 13.8 Å². The van der Waals surface area contributed by atoms with Gasteiger partial charge in [0.1, 0.15) is 77.5 Å². The smallest absolute Gasteiger partial charge is 0.246 e. The number of carbonyl (C=O) groups excluding carboxylic acids is 16. The van der Waals surface area contributed by atoms with E-state index in [1.54, 1.807) is 83.1 Å². The van der Waals surface area contributed by atoms with Crippen molar-refractivity contribution in [3.8, 4) is 0 Å². The van der Waals surface area contributed by atoms with Crippen molar-refractivity contribution in [2.45, 2.75) is 360 Å². The number of hydrogen-bond donors (Lipinski definition) is 22. The predicted molar refractivity (Wildman–Crippen MR) is 476 cm³/mol. The molecule has 0 spiro atoms. The summed E-state index contributed by atoms with van der Waals surface area (Å²) in [7, 11) is 0. The Morgan fingerprint density at radius 1 is 0.452 bits per heavy atom. The van der Waals surface area contributed by atoms with Crippen LogP contribution in [0.4, 0.5) is 0 Å². The topological polar surface area (TPSA) is 650 Å². The summed E-state index contributed by atoms with van der Waals surface area (Å²) in [4.78, 5) is 229. The summed E-state index contributed by atoms with van der Waals surface area (Å²) in [6, 6.07) is -15.4. The molecule has 0 aliphatic carbocycles. The summed E-state index contributed by atoms with van der Waals surface area (Å²) in [5.74, 6) is -15.6. The highest BCUT2D eigenvalue weighted by Gasteiger charge is 2.44. The minimum atomic E-state index is -1.84. The van der Waals surface area contributed by atoms with Crippen LogP contribution in [0.25, 0.3) is 0 Å². The minimum Gasteiger partial charge on any atom is -0.370 e. The average molecular weight is 1760 g/mol. The van der Waals surface area contributed by atoms with Gasteiger partial charge in [-0.05, 0) is 223 Å². The Kier molecular flexibility index (Phi) is 55.2. The molecule has 0 aromatic rings. The zero-order valence-corrected chi connectivity index (χ0v) is 76.7. The summed E-state index contributed by atoms with van der Waals surface area (Å²) in [6.45, 7) is 24.2. The Hall–Kier alpha value is -8.98. The SMILES string of the molecule is CC[C@H](C)[C@@H]1NC(=O)[C@H](CCCCN)NC(=O)[C@H](CCCCN)NC(=O)[C@](C)(NC(=O)[C@H](CC(N)=O)NC(=O)[C@@H](N)C(C)C)CCCCCCC=CCCC[C@@](C)(C(=O)N[C@H](C(=O)N[C@@H](CCCCN)C(=O)N[C@H](C(=O)N[C@H](C(=O)N[C@@H](CCCCN)C(N)=O)C(C)C)C(C)C)[C@@H](C)CC)NC(=O)[C@H](CCCCN)NC(=O)CNC(=O)[C@H](CC(C)C)NC1=O. The largest absolute Gasteiger partial charge is 0.370 e. The van der Waals surface area contributed by atoms with E-state index in [1.807, 2.05) is 12.2 Å². The molecule has 38 nitrogen and oxygen atoms in total. The van der Waals surface area contributed by atoms with Crippen molar-refractivity contribution >= 4 is 94.5 Å². The van der Waals surface area contributed by atoms with Crippen LogP contribution < -0.4 is 120 Å². The first-order valence-electron chi connectivity index (χ1n) is 45.2. The Labute approximate surface area is 735 Å². The fraction of sp³-hybridized carbons (Fsp3) is 0.791. The van der Waals surface area contributed by atoms with Gasteiger partial charge in [0.25, 0.3) is 0 Å². The van der Waals surface area contributed by atoms with Crippen molar-refractivity contribution in [3.05, 3.63) is 12.2 Å². The third-order valence-electron chi connectivity index (χ3n) is 22.6. The molecule has 1 aliphatic heterocycles. The lowest BCUT2D eigenvalue weighted by atomic mass is 9.90. The van der Waals surface area contributed by atoms with Crippen LogP contribution in [0.1, 0.15) is 277 Å². The molecule has 1 aliphatic rings. The second-order valence-corrected chi connectivity index (χ2v) is 35.2. The van der Waals surface area contributed by atoms with E-state index in [2.05, 4.69) is 74.4 Å². The van der Waals surface area contributed by atoms with Crippen LogP contribution in [0.2, 0.25) is 0 Å². The first-order valence-corrected chi connectivity index (χ1v) is 45.2. The molecule has 710 valence electrons. The van der Waals surface area contributed by atoms with Gasteiger partial charge in [-0.2, -0.15) is 0 Å². The number of primary amides is 2. The zero-order valence-electron chi connectivity index (χ0n) is 76.7. The molecule has 0 radical (unpaired) electrons. The van der Waals surface area contributed by atoms with Crippen molar-refractivity contribution in [2.24, 2.45) is 81.4 Å². The monoisotopic (exact) mass is 1760 g/mol. The molecule has 1 heterocycles. The lowest BCUT2D eigenvalue weighted by Crippen LogP contribution is -2.65. The van der Waals surface area contributed by atoms with Gasteiger partial charge in [0.05, 0.1) is 19.0 Å². The van der Waals surface area contributed by atoms with Crippen LogP contribution in [0.5, 0.6) is 0 Å². The van der Waals surface area contributed by atoms with Crippen molar-refractivity contribution in [1.29, 1.82) is 0 Å². The highest BCUT2D eigenvalue weighted by molar-refractivity contribution is 6.02. The van der Waals surface area contributed by atoms with Crippen molar-refractivity contribution in [2.75, 3.05) is 39.3 Å². The van der Waals surface area contributed by atoms with Crippen LogP contribution >= 0.6 is 0 Å². The Balaban J connectivity index is 4.25. The number of amides is 16. The van der Waals surface area contributed by atoms with Crippen LogP contribution in [0.3, 0.4) is 0 Å². The number of hydrogen-bond acceptors (Lipinski definition) is 22. The van der Waals surface area contributed by atoms with Gasteiger partial charge in [0.15, 0.2) is 0 Å². The van der Waals surface area contributed by atoms with Gasteiger partial charge in [-0.15, -0.1) is 0 Å². The second-order valence-electron chi connectivity index (χ2n) is 35.2. The van der Waals surface area contributed by atoms with E-state index >= 15 is 19.2 Å². The molecule has 1 rings (SSSR count). The highest BCUT2D eigenvalue weighted by atomic mass is 16.2. The Bertz CT molecular complexity index is 3400.